The summed E-state index contributed by atoms with van der Waals surface area (Å²) in [5.74, 6) is 6.80. The van der Waals surface area contributed by atoms with Crippen molar-refractivity contribution in [3.05, 3.63) is 40.8 Å². The largest absolute Gasteiger partial charge is 0.438 e. The minimum Gasteiger partial charge on any atom is -0.438 e. The predicted molar refractivity (Wildman–Crippen MR) is 82.4 cm³/mol. The van der Waals surface area contributed by atoms with Gasteiger partial charge in [0.25, 0.3) is 0 Å². The van der Waals surface area contributed by atoms with Gasteiger partial charge in [-0.2, -0.15) is 4.98 Å². The standard InChI is InChI=1S/C14H14N4O2S/c1-8-6-11-12(16-14(18-15)17-13(11)21-8)20-10-4-2-9(7-19)3-5-10/h2-6,19H,7,15H2,1H3,(H,16,17,18). The van der Waals surface area contributed by atoms with Gasteiger partial charge in [-0.1, -0.05) is 12.1 Å². The van der Waals surface area contributed by atoms with Crippen LogP contribution in [0.5, 0.6) is 11.6 Å². The highest BCUT2D eigenvalue weighted by molar-refractivity contribution is 7.18. The number of rotatable bonds is 4. The predicted octanol–water partition coefficient (Wildman–Crippen LogP) is 2.57. The highest BCUT2D eigenvalue weighted by Gasteiger charge is 2.12. The highest BCUT2D eigenvalue weighted by atomic mass is 32.1. The first-order valence-electron chi connectivity index (χ1n) is 6.32. The molecule has 0 saturated carbocycles. The Bertz CT molecular complexity index is 770. The fourth-order valence-electron chi connectivity index (χ4n) is 1.93. The van der Waals surface area contributed by atoms with Crippen molar-refractivity contribution in [2.24, 2.45) is 5.84 Å². The van der Waals surface area contributed by atoms with Crippen LogP contribution in [0.25, 0.3) is 10.2 Å². The lowest BCUT2D eigenvalue weighted by atomic mass is 10.2. The number of nitrogens with one attached hydrogen (secondary N) is 1. The number of nitrogens with zero attached hydrogens (tertiary/aromatic N) is 2. The van der Waals surface area contributed by atoms with E-state index in [0.29, 0.717) is 17.6 Å². The van der Waals surface area contributed by atoms with E-state index in [2.05, 4.69) is 15.4 Å². The summed E-state index contributed by atoms with van der Waals surface area (Å²) < 4.78 is 5.83. The second kappa shape index (κ2) is 5.65. The van der Waals surface area contributed by atoms with Gasteiger partial charge in [0, 0.05) is 4.88 Å². The van der Waals surface area contributed by atoms with Gasteiger partial charge < -0.3 is 9.84 Å². The van der Waals surface area contributed by atoms with Crippen molar-refractivity contribution in [1.82, 2.24) is 9.97 Å². The molecule has 0 spiro atoms. The summed E-state index contributed by atoms with van der Waals surface area (Å²) in [7, 11) is 0. The lowest BCUT2D eigenvalue weighted by molar-refractivity contribution is 0.281. The van der Waals surface area contributed by atoms with E-state index in [0.717, 1.165) is 20.7 Å². The molecule has 3 rings (SSSR count). The molecule has 0 aliphatic carbocycles. The average Bonchev–Trinajstić information content (AvgIpc) is 2.88. The van der Waals surface area contributed by atoms with E-state index in [1.54, 1.807) is 35.6 Å². The van der Waals surface area contributed by atoms with Crippen molar-refractivity contribution in [1.29, 1.82) is 0 Å². The van der Waals surface area contributed by atoms with Crippen LogP contribution in [-0.2, 0) is 6.61 Å². The van der Waals surface area contributed by atoms with E-state index >= 15 is 0 Å². The quantitative estimate of drug-likeness (QED) is 0.506. The SMILES string of the molecule is Cc1cc2c(Oc3ccc(CO)cc3)nc(NN)nc2s1. The third-order valence-corrected chi connectivity index (χ3v) is 3.87. The van der Waals surface area contributed by atoms with Gasteiger partial charge in [0.2, 0.25) is 11.8 Å². The second-order valence-electron chi connectivity index (χ2n) is 4.48. The lowest BCUT2D eigenvalue weighted by Crippen LogP contribution is -2.10. The van der Waals surface area contributed by atoms with Crippen LogP contribution in [0.4, 0.5) is 5.95 Å². The third kappa shape index (κ3) is 2.80. The van der Waals surface area contributed by atoms with Crippen LogP contribution in [0.1, 0.15) is 10.4 Å². The summed E-state index contributed by atoms with van der Waals surface area (Å²) in [5, 5.41) is 9.90. The summed E-state index contributed by atoms with van der Waals surface area (Å²) in [5.41, 5.74) is 3.27. The number of thiophene rings is 1. The van der Waals surface area contributed by atoms with Crippen LogP contribution in [0.3, 0.4) is 0 Å². The summed E-state index contributed by atoms with van der Waals surface area (Å²) in [4.78, 5) is 10.5. The van der Waals surface area contributed by atoms with Crippen molar-refractivity contribution in [2.45, 2.75) is 13.5 Å². The van der Waals surface area contributed by atoms with Crippen LogP contribution in [-0.4, -0.2) is 15.1 Å². The number of aromatic nitrogens is 2. The van der Waals surface area contributed by atoms with Crippen LogP contribution in [0.2, 0.25) is 0 Å². The van der Waals surface area contributed by atoms with E-state index in [4.69, 9.17) is 15.7 Å². The minimum atomic E-state index is 0.00298. The van der Waals surface area contributed by atoms with Crippen LogP contribution in [0.15, 0.2) is 30.3 Å². The number of benzene rings is 1. The molecule has 21 heavy (non-hydrogen) atoms. The molecule has 0 fully saturated rings. The Morgan fingerprint density at radius 2 is 2.05 bits per heavy atom. The third-order valence-electron chi connectivity index (χ3n) is 2.93. The van der Waals surface area contributed by atoms with E-state index in [-0.39, 0.29) is 6.61 Å². The molecule has 2 heterocycles. The monoisotopic (exact) mass is 302 g/mol. The zero-order valence-electron chi connectivity index (χ0n) is 11.3. The Morgan fingerprint density at radius 3 is 2.71 bits per heavy atom. The van der Waals surface area contributed by atoms with Crippen molar-refractivity contribution in [3.63, 3.8) is 0 Å². The number of hydrogen-bond donors (Lipinski definition) is 3. The molecule has 4 N–H and O–H groups in total. The smallest absolute Gasteiger partial charge is 0.241 e. The normalized spacial score (nSPS) is 10.8. The van der Waals surface area contributed by atoms with Crippen molar-refractivity contribution in [2.75, 3.05) is 5.43 Å². The number of aliphatic hydroxyl groups is 1. The molecule has 0 aliphatic rings. The van der Waals surface area contributed by atoms with Gasteiger partial charge in [0.15, 0.2) is 0 Å². The first-order valence-corrected chi connectivity index (χ1v) is 7.13. The fourth-order valence-corrected chi connectivity index (χ4v) is 2.80. The number of aryl methyl sites for hydroxylation is 1. The number of hydrazine groups is 1. The van der Waals surface area contributed by atoms with Crippen LogP contribution < -0.4 is 16.0 Å². The van der Waals surface area contributed by atoms with Gasteiger partial charge in [0.1, 0.15) is 10.6 Å². The molecule has 1 aromatic carbocycles. The number of aliphatic hydroxyl groups excluding tert-OH is 1. The maximum atomic E-state index is 9.05. The second-order valence-corrected chi connectivity index (χ2v) is 5.71. The zero-order valence-corrected chi connectivity index (χ0v) is 12.1. The molecule has 6 nitrogen and oxygen atoms in total. The Morgan fingerprint density at radius 1 is 1.29 bits per heavy atom. The Balaban J connectivity index is 2.01. The van der Waals surface area contributed by atoms with Crippen LogP contribution in [0, 0.1) is 6.92 Å². The first-order chi connectivity index (χ1) is 10.2. The van der Waals surface area contributed by atoms with Gasteiger partial charge in [-0.15, -0.1) is 11.3 Å². The Kier molecular flexibility index (Phi) is 3.70. The van der Waals surface area contributed by atoms with E-state index < -0.39 is 0 Å². The molecular weight excluding hydrogens is 288 g/mol. The van der Waals surface area contributed by atoms with Gasteiger partial charge >= 0.3 is 0 Å². The van der Waals surface area contributed by atoms with Gasteiger partial charge in [-0.25, -0.2) is 10.8 Å². The summed E-state index contributed by atoms with van der Waals surface area (Å²) in [6.07, 6.45) is 0. The van der Waals surface area contributed by atoms with E-state index in [1.807, 2.05) is 13.0 Å². The average molecular weight is 302 g/mol. The summed E-state index contributed by atoms with van der Waals surface area (Å²) >= 11 is 1.55. The molecule has 0 unspecified atom stereocenters. The number of nitrogen functional groups attached to an aromatic ring is 1. The number of anilines is 1. The molecule has 7 heteroatoms. The molecule has 0 radical (unpaired) electrons. The lowest BCUT2D eigenvalue weighted by Gasteiger charge is -2.08. The van der Waals surface area contributed by atoms with E-state index in [1.165, 1.54) is 0 Å². The van der Waals surface area contributed by atoms with Crippen molar-refractivity contribution >= 4 is 27.5 Å². The number of ether oxygens (including phenoxy) is 1. The topological polar surface area (TPSA) is 93.3 Å². The van der Waals surface area contributed by atoms with Crippen LogP contribution >= 0.6 is 11.3 Å². The van der Waals surface area contributed by atoms with Gasteiger partial charge in [0.05, 0.1) is 12.0 Å². The first kappa shape index (κ1) is 13.7. The molecular formula is C14H14N4O2S. The molecule has 2 aromatic heterocycles. The Hall–Kier alpha value is -2.22. The van der Waals surface area contributed by atoms with Gasteiger partial charge in [-0.3, -0.25) is 5.43 Å². The molecule has 0 aliphatic heterocycles. The molecule has 3 aromatic rings. The molecule has 0 saturated heterocycles. The molecule has 108 valence electrons. The molecule has 0 atom stereocenters. The Labute approximate surface area is 125 Å². The highest BCUT2D eigenvalue weighted by Crippen LogP contribution is 2.33. The van der Waals surface area contributed by atoms with Crippen molar-refractivity contribution < 1.29 is 9.84 Å². The maximum absolute atomic E-state index is 9.05. The van der Waals surface area contributed by atoms with E-state index in [9.17, 15) is 0 Å². The molecule has 0 bridgehead atoms. The number of hydrogen-bond acceptors (Lipinski definition) is 7. The number of fused-ring (bicyclic) bond motifs is 1. The van der Waals surface area contributed by atoms with Crippen molar-refractivity contribution in [3.8, 4) is 11.6 Å². The fraction of sp³-hybridized carbons (Fsp3) is 0.143. The number of nitrogens with two attached hydrogens (primary N) is 1. The summed E-state index contributed by atoms with van der Waals surface area (Å²) in [6, 6.07) is 9.16. The minimum absolute atomic E-state index is 0.00298. The van der Waals surface area contributed by atoms with Gasteiger partial charge in [-0.05, 0) is 30.7 Å². The summed E-state index contributed by atoms with van der Waals surface area (Å²) in [6.45, 7) is 2.00. The maximum Gasteiger partial charge on any atom is 0.241 e. The molecule has 0 amide bonds. The zero-order chi connectivity index (χ0) is 14.8.